The first-order chi connectivity index (χ1) is 13.8. The molecule has 0 aromatic rings. The Labute approximate surface area is 170 Å². The largest absolute Gasteiger partial charge is 0.390 e. The minimum atomic E-state index is -1.78. The third-order valence-corrected chi connectivity index (χ3v) is 6.22. The summed E-state index contributed by atoms with van der Waals surface area (Å²) >= 11 is 0. The van der Waals surface area contributed by atoms with Crippen LogP contribution in [0.3, 0.4) is 0 Å². The summed E-state index contributed by atoms with van der Waals surface area (Å²) in [6.07, 6.45) is 4.38. The second-order valence-corrected chi connectivity index (χ2v) is 8.43. The van der Waals surface area contributed by atoms with Gasteiger partial charge >= 0.3 is 0 Å². The van der Waals surface area contributed by atoms with Crippen LogP contribution >= 0.6 is 0 Å². The highest BCUT2D eigenvalue weighted by Crippen LogP contribution is 2.50. The van der Waals surface area contributed by atoms with Crippen molar-refractivity contribution in [2.45, 2.75) is 94.3 Å². The van der Waals surface area contributed by atoms with Crippen molar-refractivity contribution < 1.29 is 34.4 Å². The topological polar surface area (TPSA) is 136 Å². The molecule has 162 valence electrons. The standard InChI is InChI=1S/C21H31NO7/c1-2-3-5-8-12(23)9-6-4-7-10-14(24)22-13-11-21(28)19(27)15(16(13)25)17(26)18-20(21)29-18/h7,10,13,15-18,20,25-26,28H,2-6,8-9,11H2,1H3,(H,22,24)/t13-,15+,16-,17-,18-,20-,21-/m0/s1. The summed E-state index contributed by atoms with van der Waals surface area (Å²) in [5.41, 5.74) is -1.78. The number of nitrogens with one attached hydrogen (secondary N) is 1. The third-order valence-electron chi connectivity index (χ3n) is 6.22. The lowest BCUT2D eigenvalue weighted by molar-refractivity contribution is -0.171. The van der Waals surface area contributed by atoms with Gasteiger partial charge < -0.3 is 25.4 Å². The number of ketones is 2. The van der Waals surface area contributed by atoms with Crippen molar-refractivity contribution in [3.05, 3.63) is 12.2 Å². The number of aliphatic hydroxyl groups excluding tert-OH is 2. The molecule has 1 saturated heterocycles. The second-order valence-electron chi connectivity index (χ2n) is 8.43. The number of aliphatic hydroxyl groups is 3. The van der Waals surface area contributed by atoms with Gasteiger partial charge in [0.25, 0.3) is 0 Å². The Morgan fingerprint density at radius 3 is 2.66 bits per heavy atom. The number of rotatable bonds is 10. The fourth-order valence-electron chi connectivity index (χ4n) is 4.51. The van der Waals surface area contributed by atoms with Gasteiger partial charge in [0.2, 0.25) is 5.91 Å². The number of fused-ring (bicyclic) bond motifs is 4. The van der Waals surface area contributed by atoms with Crippen LogP contribution in [0.1, 0.15) is 58.3 Å². The molecule has 8 heteroatoms. The SMILES string of the molecule is CCCCCC(=O)CCCC=CC(=O)N[C@H]1C[C@]2(O)C(=O)[C@@H]([C@H](O)[C@@H]3O[C@@H]32)[C@H]1O. The number of unbranched alkanes of at least 4 members (excludes halogenated alkanes) is 3. The van der Waals surface area contributed by atoms with Crippen molar-refractivity contribution in [2.75, 3.05) is 0 Å². The van der Waals surface area contributed by atoms with E-state index in [1.54, 1.807) is 6.08 Å². The van der Waals surface area contributed by atoms with E-state index in [1.807, 2.05) is 0 Å². The molecular formula is C21H31NO7. The molecular weight excluding hydrogens is 378 g/mol. The average molecular weight is 409 g/mol. The molecule has 2 saturated carbocycles. The molecule has 0 aromatic carbocycles. The van der Waals surface area contributed by atoms with E-state index in [2.05, 4.69) is 12.2 Å². The van der Waals surface area contributed by atoms with Gasteiger partial charge in [-0.2, -0.15) is 0 Å². The molecule has 1 heterocycles. The molecule has 0 unspecified atom stereocenters. The Kier molecular flexibility index (Phi) is 6.88. The summed E-state index contributed by atoms with van der Waals surface area (Å²) in [6, 6.07) is -0.861. The number of ether oxygens (including phenoxy) is 1. The monoisotopic (exact) mass is 409 g/mol. The summed E-state index contributed by atoms with van der Waals surface area (Å²) in [5.74, 6) is -2.02. The summed E-state index contributed by atoms with van der Waals surface area (Å²) in [4.78, 5) is 36.3. The summed E-state index contributed by atoms with van der Waals surface area (Å²) in [5, 5.41) is 33.9. The molecule has 1 aliphatic heterocycles. The lowest BCUT2D eigenvalue weighted by Crippen LogP contribution is -2.69. The fourth-order valence-corrected chi connectivity index (χ4v) is 4.51. The molecule has 0 radical (unpaired) electrons. The minimum Gasteiger partial charge on any atom is -0.390 e. The molecule has 2 aliphatic carbocycles. The molecule has 0 spiro atoms. The molecule has 3 fully saturated rings. The predicted molar refractivity (Wildman–Crippen MR) is 103 cm³/mol. The van der Waals surface area contributed by atoms with Crippen molar-refractivity contribution in [3.63, 3.8) is 0 Å². The van der Waals surface area contributed by atoms with Crippen LogP contribution in [0.2, 0.25) is 0 Å². The van der Waals surface area contributed by atoms with Crippen LogP contribution in [0.15, 0.2) is 12.2 Å². The number of carbonyl (C=O) groups is 3. The molecule has 4 N–H and O–H groups in total. The number of Topliss-reactive ketones (excluding diaryl/α,β-unsaturated/α-hetero) is 2. The van der Waals surface area contributed by atoms with Crippen molar-refractivity contribution in [3.8, 4) is 0 Å². The zero-order valence-corrected chi connectivity index (χ0v) is 16.8. The Morgan fingerprint density at radius 2 is 1.93 bits per heavy atom. The molecule has 3 rings (SSSR count). The highest BCUT2D eigenvalue weighted by Gasteiger charge is 2.72. The lowest BCUT2D eigenvalue weighted by atomic mass is 9.64. The van der Waals surface area contributed by atoms with Gasteiger partial charge in [0.15, 0.2) is 11.4 Å². The first-order valence-corrected chi connectivity index (χ1v) is 10.6. The van der Waals surface area contributed by atoms with Crippen molar-refractivity contribution >= 4 is 17.5 Å². The van der Waals surface area contributed by atoms with Gasteiger partial charge in [-0.3, -0.25) is 14.4 Å². The van der Waals surface area contributed by atoms with Crippen LogP contribution < -0.4 is 5.32 Å². The van der Waals surface area contributed by atoms with Gasteiger partial charge in [0, 0.05) is 19.3 Å². The summed E-state index contributed by atoms with van der Waals surface area (Å²) in [7, 11) is 0. The van der Waals surface area contributed by atoms with E-state index in [1.165, 1.54) is 6.08 Å². The fraction of sp³-hybridized carbons (Fsp3) is 0.762. The highest BCUT2D eigenvalue weighted by atomic mass is 16.6. The number of amides is 1. The number of epoxide rings is 1. The molecule has 2 bridgehead atoms. The molecule has 7 atom stereocenters. The summed E-state index contributed by atoms with van der Waals surface area (Å²) in [6.45, 7) is 2.09. The maximum absolute atomic E-state index is 12.4. The number of hydrogen-bond acceptors (Lipinski definition) is 7. The zero-order chi connectivity index (χ0) is 21.2. The second kappa shape index (κ2) is 9.04. The maximum Gasteiger partial charge on any atom is 0.243 e. The van der Waals surface area contributed by atoms with Crippen LogP contribution in [0.25, 0.3) is 0 Å². The molecule has 8 nitrogen and oxygen atoms in total. The lowest BCUT2D eigenvalue weighted by Gasteiger charge is -2.46. The first-order valence-electron chi connectivity index (χ1n) is 10.6. The quantitative estimate of drug-likeness (QED) is 0.229. The Morgan fingerprint density at radius 1 is 1.21 bits per heavy atom. The van der Waals surface area contributed by atoms with Crippen molar-refractivity contribution in [2.24, 2.45) is 5.92 Å². The first kappa shape index (κ1) is 22.1. The summed E-state index contributed by atoms with van der Waals surface area (Å²) < 4.78 is 5.23. The Balaban J connectivity index is 1.44. The van der Waals surface area contributed by atoms with E-state index in [-0.39, 0.29) is 12.2 Å². The van der Waals surface area contributed by atoms with Crippen LogP contribution in [-0.4, -0.2) is 68.9 Å². The normalized spacial score (nSPS) is 38.0. The molecule has 1 amide bonds. The smallest absolute Gasteiger partial charge is 0.243 e. The zero-order valence-electron chi connectivity index (χ0n) is 16.8. The van der Waals surface area contributed by atoms with E-state index in [4.69, 9.17) is 4.74 Å². The Bertz CT molecular complexity index is 678. The number of hydrogen-bond donors (Lipinski definition) is 4. The van der Waals surface area contributed by atoms with E-state index < -0.39 is 53.7 Å². The van der Waals surface area contributed by atoms with Crippen molar-refractivity contribution in [1.82, 2.24) is 5.32 Å². The van der Waals surface area contributed by atoms with E-state index in [0.29, 0.717) is 25.7 Å². The van der Waals surface area contributed by atoms with E-state index in [0.717, 1.165) is 19.3 Å². The van der Waals surface area contributed by atoms with Crippen molar-refractivity contribution in [1.29, 1.82) is 0 Å². The molecule has 3 aliphatic rings. The highest BCUT2D eigenvalue weighted by molar-refractivity contribution is 5.95. The van der Waals surface area contributed by atoms with Crippen LogP contribution in [0.5, 0.6) is 0 Å². The number of carbonyl (C=O) groups excluding carboxylic acids is 3. The Hall–Kier alpha value is -1.61. The van der Waals surface area contributed by atoms with Crippen LogP contribution in [-0.2, 0) is 19.1 Å². The predicted octanol–water partition coefficient (Wildman–Crippen LogP) is 0.170. The van der Waals surface area contributed by atoms with Gasteiger partial charge in [-0.15, -0.1) is 0 Å². The van der Waals surface area contributed by atoms with Gasteiger partial charge in [0.05, 0.1) is 24.2 Å². The minimum absolute atomic E-state index is 0.150. The van der Waals surface area contributed by atoms with Gasteiger partial charge in [0.1, 0.15) is 18.0 Å². The number of allylic oxidation sites excluding steroid dienone is 1. The molecule has 0 aromatic heterocycles. The molecule has 29 heavy (non-hydrogen) atoms. The van der Waals surface area contributed by atoms with Gasteiger partial charge in [-0.05, 0) is 25.3 Å². The third kappa shape index (κ3) is 4.60. The van der Waals surface area contributed by atoms with Crippen LogP contribution in [0, 0.1) is 5.92 Å². The maximum atomic E-state index is 12.4. The van der Waals surface area contributed by atoms with Gasteiger partial charge in [-0.1, -0.05) is 25.8 Å². The van der Waals surface area contributed by atoms with Gasteiger partial charge in [-0.25, -0.2) is 0 Å². The average Bonchev–Trinajstić information content (AvgIpc) is 3.47. The van der Waals surface area contributed by atoms with E-state index >= 15 is 0 Å². The van der Waals surface area contributed by atoms with Crippen LogP contribution in [0.4, 0.5) is 0 Å². The van der Waals surface area contributed by atoms with E-state index in [9.17, 15) is 29.7 Å².